The molecular formula is C10H8F3N7O2S. The molecule has 122 valence electrons. The zero-order chi connectivity index (χ0) is 17.5. The SMILES string of the molecule is Cn1c(Sc2nnc(C(F)(F)F)n2N)c(C#N)c(=O)n(C)c1=O. The summed E-state index contributed by atoms with van der Waals surface area (Å²) in [4.78, 5) is 23.8. The number of nitrogens with zero attached hydrogens (tertiary/aromatic N) is 6. The predicted molar refractivity (Wildman–Crippen MR) is 70.9 cm³/mol. The molecule has 0 amide bonds. The average molecular weight is 347 g/mol. The number of nitrogen functional groups attached to an aromatic ring is 1. The minimum Gasteiger partial charge on any atom is -0.335 e. The molecule has 0 unspecified atom stereocenters. The van der Waals surface area contributed by atoms with Gasteiger partial charge in [-0.3, -0.25) is 13.9 Å². The van der Waals surface area contributed by atoms with Gasteiger partial charge in [-0.1, -0.05) is 0 Å². The highest BCUT2D eigenvalue weighted by Crippen LogP contribution is 2.31. The van der Waals surface area contributed by atoms with Crippen molar-refractivity contribution in [1.82, 2.24) is 24.0 Å². The lowest BCUT2D eigenvalue weighted by Gasteiger charge is -2.10. The van der Waals surface area contributed by atoms with E-state index in [-0.39, 0.29) is 9.70 Å². The molecule has 2 rings (SSSR count). The van der Waals surface area contributed by atoms with Gasteiger partial charge in [0.15, 0.2) is 0 Å². The third-order valence-corrected chi connectivity index (χ3v) is 3.96. The van der Waals surface area contributed by atoms with Gasteiger partial charge in [-0.05, 0) is 11.8 Å². The Kier molecular flexibility index (Phi) is 3.95. The number of alkyl halides is 3. The van der Waals surface area contributed by atoms with E-state index >= 15 is 0 Å². The van der Waals surface area contributed by atoms with E-state index in [4.69, 9.17) is 11.1 Å². The van der Waals surface area contributed by atoms with Crippen LogP contribution >= 0.6 is 11.8 Å². The van der Waals surface area contributed by atoms with Gasteiger partial charge in [-0.15, -0.1) is 10.2 Å². The van der Waals surface area contributed by atoms with Gasteiger partial charge in [0.25, 0.3) is 11.4 Å². The summed E-state index contributed by atoms with van der Waals surface area (Å²) >= 11 is 0.457. The van der Waals surface area contributed by atoms with Crippen LogP contribution in [0.1, 0.15) is 11.4 Å². The van der Waals surface area contributed by atoms with Crippen molar-refractivity contribution >= 4 is 11.8 Å². The summed E-state index contributed by atoms with van der Waals surface area (Å²) in [5.74, 6) is 3.83. The minimum atomic E-state index is -4.82. The quantitative estimate of drug-likeness (QED) is 0.570. The molecule has 2 aromatic heterocycles. The van der Waals surface area contributed by atoms with Crippen molar-refractivity contribution in [2.24, 2.45) is 14.1 Å². The number of nitrogens with two attached hydrogens (primary N) is 1. The second-order valence-electron chi connectivity index (χ2n) is 4.27. The molecule has 0 saturated carbocycles. The van der Waals surface area contributed by atoms with Crippen LogP contribution in [0.4, 0.5) is 13.2 Å². The topological polar surface area (TPSA) is 125 Å². The van der Waals surface area contributed by atoms with Crippen LogP contribution in [0.15, 0.2) is 19.8 Å². The molecule has 9 nitrogen and oxygen atoms in total. The normalized spacial score (nSPS) is 11.5. The lowest BCUT2D eigenvalue weighted by atomic mass is 10.3. The molecule has 0 aliphatic carbocycles. The molecule has 0 spiro atoms. The molecule has 0 aliphatic rings. The maximum atomic E-state index is 12.6. The molecule has 0 bridgehead atoms. The first-order valence-electron chi connectivity index (χ1n) is 5.75. The van der Waals surface area contributed by atoms with E-state index in [1.54, 1.807) is 6.07 Å². The largest absolute Gasteiger partial charge is 0.453 e. The van der Waals surface area contributed by atoms with E-state index in [9.17, 15) is 22.8 Å². The lowest BCUT2D eigenvalue weighted by molar-refractivity contribution is -0.146. The van der Waals surface area contributed by atoms with Crippen molar-refractivity contribution in [3.8, 4) is 6.07 Å². The Morgan fingerprint density at radius 2 is 1.83 bits per heavy atom. The van der Waals surface area contributed by atoms with Crippen molar-refractivity contribution in [1.29, 1.82) is 5.26 Å². The zero-order valence-corrected chi connectivity index (χ0v) is 12.4. The molecule has 0 radical (unpaired) electrons. The highest BCUT2D eigenvalue weighted by atomic mass is 32.2. The van der Waals surface area contributed by atoms with Crippen LogP contribution in [0.5, 0.6) is 0 Å². The molecule has 0 aromatic carbocycles. The Hall–Kier alpha value is -2.75. The van der Waals surface area contributed by atoms with Crippen LogP contribution in [0.3, 0.4) is 0 Å². The third-order valence-electron chi connectivity index (χ3n) is 2.83. The Morgan fingerprint density at radius 3 is 2.30 bits per heavy atom. The van der Waals surface area contributed by atoms with Crippen LogP contribution in [-0.4, -0.2) is 24.0 Å². The Morgan fingerprint density at radius 1 is 1.22 bits per heavy atom. The molecule has 2 aromatic rings. The fraction of sp³-hybridized carbons (Fsp3) is 0.300. The van der Waals surface area contributed by atoms with E-state index in [1.165, 1.54) is 14.1 Å². The predicted octanol–water partition coefficient (Wildman–Crippen LogP) is -0.569. The van der Waals surface area contributed by atoms with E-state index in [0.29, 0.717) is 16.3 Å². The van der Waals surface area contributed by atoms with E-state index < -0.39 is 34.0 Å². The summed E-state index contributed by atoms with van der Waals surface area (Å²) in [6, 6.07) is 1.62. The minimum absolute atomic E-state index is 0.174. The molecule has 0 atom stereocenters. The molecule has 0 fully saturated rings. The van der Waals surface area contributed by atoms with Gasteiger partial charge in [-0.25, -0.2) is 9.47 Å². The molecule has 2 heterocycles. The molecule has 13 heteroatoms. The van der Waals surface area contributed by atoms with Gasteiger partial charge >= 0.3 is 11.9 Å². The van der Waals surface area contributed by atoms with Crippen molar-refractivity contribution in [2.75, 3.05) is 5.84 Å². The van der Waals surface area contributed by atoms with E-state index in [0.717, 1.165) is 4.57 Å². The fourth-order valence-corrected chi connectivity index (χ4v) is 2.56. The summed E-state index contributed by atoms with van der Waals surface area (Å²) in [6.45, 7) is 0. The van der Waals surface area contributed by atoms with Gasteiger partial charge < -0.3 is 5.84 Å². The van der Waals surface area contributed by atoms with Crippen molar-refractivity contribution < 1.29 is 13.2 Å². The summed E-state index contributed by atoms with van der Waals surface area (Å²) in [6.07, 6.45) is -4.82. The smallest absolute Gasteiger partial charge is 0.335 e. The third kappa shape index (κ3) is 2.68. The van der Waals surface area contributed by atoms with Crippen LogP contribution < -0.4 is 17.1 Å². The van der Waals surface area contributed by atoms with Crippen molar-refractivity contribution in [3.63, 3.8) is 0 Å². The first-order chi connectivity index (χ1) is 10.6. The van der Waals surface area contributed by atoms with Crippen LogP contribution in [-0.2, 0) is 20.3 Å². The first-order valence-corrected chi connectivity index (χ1v) is 6.57. The zero-order valence-electron chi connectivity index (χ0n) is 11.6. The molecular weight excluding hydrogens is 339 g/mol. The molecule has 0 aliphatic heterocycles. The van der Waals surface area contributed by atoms with Crippen LogP contribution in [0, 0.1) is 11.3 Å². The Bertz CT molecular complexity index is 934. The van der Waals surface area contributed by atoms with Crippen molar-refractivity contribution in [2.45, 2.75) is 16.4 Å². The second kappa shape index (κ2) is 5.47. The van der Waals surface area contributed by atoms with Gasteiger partial charge in [0.05, 0.1) is 0 Å². The number of hydrogen-bond acceptors (Lipinski definition) is 7. The fourth-order valence-electron chi connectivity index (χ4n) is 1.67. The number of nitriles is 1. The molecule has 0 saturated heterocycles. The van der Waals surface area contributed by atoms with Gasteiger partial charge in [0.1, 0.15) is 16.7 Å². The maximum Gasteiger partial charge on any atom is 0.453 e. The number of rotatable bonds is 2. The molecule has 23 heavy (non-hydrogen) atoms. The Labute approximate surface area is 129 Å². The summed E-state index contributed by atoms with van der Waals surface area (Å²) in [5.41, 5.74) is -2.05. The van der Waals surface area contributed by atoms with Crippen molar-refractivity contribution in [3.05, 3.63) is 32.2 Å². The first kappa shape index (κ1) is 16.6. The summed E-state index contributed by atoms with van der Waals surface area (Å²) < 4.78 is 39.7. The summed E-state index contributed by atoms with van der Waals surface area (Å²) in [5, 5.41) is 14.6. The van der Waals surface area contributed by atoms with Gasteiger partial charge in [0.2, 0.25) is 5.16 Å². The number of hydrogen-bond donors (Lipinski definition) is 1. The standard InChI is InChI=1S/C10H8F3N7O2S/c1-18-5(21)4(3-14)6(19(2)9(18)22)23-8-17-16-7(20(8)15)10(11,12)13/h15H2,1-2H3. The summed E-state index contributed by atoms with van der Waals surface area (Å²) in [7, 11) is 2.43. The highest BCUT2D eigenvalue weighted by Gasteiger charge is 2.38. The highest BCUT2D eigenvalue weighted by molar-refractivity contribution is 7.99. The monoisotopic (exact) mass is 347 g/mol. The van der Waals surface area contributed by atoms with E-state index in [2.05, 4.69) is 10.2 Å². The average Bonchev–Trinajstić information content (AvgIpc) is 2.84. The lowest BCUT2D eigenvalue weighted by Crippen LogP contribution is -2.39. The maximum absolute atomic E-state index is 12.6. The Balaban J connectivity index is 2.64. The molecule has 2 N–H and O–H groups in total. The number of halogens is 3. The number of aromatic nitrogens is 5. The second-order valence-corrected chi connectivity index (χ2v) is 5.23. The van der Waals surface area contributed by atoms with Crippen LogP contribution in [0.2, 0.25) is 0 Å². The van der Waals surface area contributed by atoms with Crippen LogP contribution in [0.25, 0.3) is 0 Å². The van der Waals surface area contributed by atoms with Gasteiger partial charge in [0, 0.05) is 14.1 Å². The van der Waals surface area contributed by atoms with E-state index in [1.807, 2.05) is 0 Å². The van der Waals surface area contributed by atoms with Gasteiger partial charge in [-0.2, -0.15) is 18.4 Å².